The monoisotopic (exact) mass is 349 g/mol. The molecule has 0 aromatic heterocycles. The SMILES string of the molecule is Cc1ccc(C(=O)NCc2ccc(S(N)(=O)=O)cc2)cc1[N+](=O)[O-]. The van der Waals surface area contributed by atoms with Crippen molar-refractivity contribution in [2.24, 2.45) is 5.14 Å². The van der Waals surface area contributed by atoms with Crippen LogP contribution < -0.4 is 10.5 Å². The first-order valence-corrected chi connectivity index (χ1v) is 8.38. The summed E-state index contributed by atoms with van der Waals surface area (Å²) in [7, 11) is -3.76. The number of nitrogens with zero attached hydrogens (tertiary/aromatic N) is 1. The van der Waals surface area contributed by atoms with Crippen molar-refractivity contribution in [3.8, 4) is 0 Å². The Bertz CT molecular complexity index is 892. The maximum absolute atomic E-state index is 12.1. The molecule has 126 valence electrons. The summed E-state index contributed by atoms with van der Waals surface area (Å²) in [6.07, 6.45) is 0. The van der Waals surface area contributed by atoms with Gasteiger partial charge in [0, 0.05) is 23.7 Å². The number of primary sulfonamides is 1. The summed E-state index contributed by atoms with van der Waals surface area (Å²) in [5.41, 5.74) is 1.18. The zero-order valence-corrected chi connectivity index (χ0v) is 13.5. The molecule has 2 rings (SSSR count). The van der Waals surface area contributed by atoms with Crippen LogP contribution in [0.25, 0.3) is 0 Å². The number of hydrogen-bond donors (Lipinski definition) is 2. The molecule has 0 heterocycles. The third-order valence-electron chi connectivity index (χ3n) is 3.37. The highest BCUT2D eigenvalue weighted by Crippen LogP contribution is 2.19. The van der Waals surface area contributed by atoms with E-state index in [4.69, 9.17) is 5.14 Å². The van der Waals surface area contributed by atoms with Gasteiger partial charge < -0.3 is 5.32 Å². The maximum atomic E-state index is 12.1. The quantitative estimate of drug-likeness (QED) is 0.623. The number of carbonyl (C=O) groups excluding carboxylic acids is 1. The molecule has 0 atom stereocenters. The largest absolute Gasteiger partial charge is 0.348 e. The van der Waals surface area contributed by atoms with E-state index in [0.717, 1.165) is 0 Å². The van der Waals surface area contributed by atoms with E-state index in [-0.39, 0.29) is 22.7 Å². The molecule has 1 amide bonds. The predicted molar refractivity (Wildman–Crippen MR) is 86.8 cm³/mol. The van der Waals surface area contributed by atoms with Gasteiger partial charge in [0.15, 0.2) is 0 Å². The average Bonchev–Trinajstić information content (AvgIpc) is 2.52. The lowest BCUT2D eigenvalue weighted by Crippen LogP contribution is -2.23. The number of nitro benzene ring substituents is 1. The number of amides is 1. The number of benzene rings is 2. The Morgan fingerprint density at radius 2 is 1.83 bits per heavy atom. The minimum Gasteiger partial charge on any atom is -0.348 e. The number of rotatable bonds is 5. The van der Waals surface area contributed by atoms with Gasteiger partial charge in [-0.2, -0.15) is 0 Å². The van der Waals surface area contributed by atoms with Crippen molar-refractivity contribution < 1.29 is 18.1 Å². The molecule has 0 aliphatic rings. The summed E-state index contributed by atoms with van der Waals surface area (Å²) in [4.78, 5) is 22.4. The van der Waals surface area contributed by atoms with E-state index in [1.54, 1.807) is 6.92 Å². The molecule has 2 aromatic rings. The van der Waals surface area contributed by atoms with Gasteiger partial charge in [0.25, 0.3) is 11.6 Å². The Kier molecular flexibility index (Phi) is 4.96. The molecule has 0 saturated heterocycles. The third kappa shape index (κ3) is 4.15. The zero-order valence-electron chi connectivity index (χ0n) is 12.7. The molecule has 0 bridgehead atoms. The van der Waals surface area contributed by atoms with Crippen LogP contribution in [-0.4, -0.2) is 19.2 Å². The van der Waals surface area contributed by atoms with E-state index in [0.29, 0.717) is 11.1 Å². The Hall–Kier alpha value is -2.78. The van der Waals surface area contributed by atoms with Crippen LogP contribution in [0.15, 0.2) is 47.4 Å². The highest BCUT2D eigenvalue weighted by Gasteiger charge is 2.15. The lowest BCUT2D eigenvalue weighted by Gasteiger charge is -2.07. The van der Waals surface area contributed by atoms with Crippen LogP contribution in [-0.2, 0) is 16.6 Å². The Balaban J connectivity index is 2.08. The van der Waals surface area contributed by atoms with Gasteiger partial charge in [-0.25, -0.2) is 13.6 Å². The second-order valence-corrected chi connectivity index (χ2v) is 6.69. The molecule has 0 radical (unpaired) electrons. The van der Waals surface area contributed by atoms with Crippen LogP contribution in [0.1, 0.15) is 21.5 Å². The lowest BCUT2D eigenvalue weighted by atomic mass is 10.1. The first kappa shape index (κ1) is 17.6. The molecule has 0 fully saturated rings. The van der Waals surface area contributed by atoms with Gasteiger partial charge in [0.2, 0.25) is 10.0 Å². The fraction of sp³-hybridized carbons (Fsp3) is 0.133. The van der Waals surface area contributed by atoms with Crippen LogP contribution in [0.5, 0.6) is 0 Å². The van der Waals surface area contributed by atoms with Crippen molar-refractivity contribution in [1.29, 1.82) is 0 Å². The highest BCUT2D eigenvalue weighted by molar-refractivity contribution is 7.89. The molecule has 9 heteroatoms. The molecule has 2 aromatic carbocycles. The summed E-state index contributed by atoms with van der Waals surface area (Å²) < 4.78 is 22.3. The Morgan fingerprint density at radius 3 is 2.38 bits per heavy atom. The van der Waals surface area contributed by atoms with Crippen LogP contribution >= 0.6 is 0 Å². The summed E-state index contributed by atoms with van der Waals surface area (Å²) in [5.74, 6) is -0.464. The molecule has 24 heavy (non-hydrogen) atoms. The number of nitrogens with two attached hydrogens (primary N) is 1. The van der Waals surface area contributed by atoms with Crippen molar-refractivity contribution in [1.82, 2.24) is 5.32 Å². The Morgan fingerprint density at radius 1 is 1.21 bits per heavy atom. The molecule has 0 unspecified atom stereocenters. The number of nitrogens with one attached hydrogen (secondary N) is 1. The van der Waals surface area contributed by atoms with E-state index in [2.05, 4.69) is 5.32 Å². The summed E-state index contributed by atoms with van der Waals surface area (Å²) in [6.45, 7) is 1.73. The van der Waals surface area contributed by atoms with Gasteiger partial charge in [-0.1, -0.05) is 18.2 Å². The van der Waals surface area contributed by atoms with Gasteiger partial charge in [0.1, 0.15) is 0 Å². The molecule has 0 saturated carbocycles. The van der Waals surface area contributed by atoms with Crippen molar-refractivity contribution in [2.75, 3.05) is 0 Å². The molecule has 0 aliphatic carbocycles. The standard InChI is InChI=1S/C15H15N3O5S/c1-10-2-5-12(8-14(10)18(20)21)15(19)17-9-11-3-6-13(7-4-11)24(16,22)23/h2-8H,9H2,1H3,(H,17,19)(H2,16,22,23). The van der Waals surface area contributed by atoms with Gasteiger partial charge in [-0.05, 0) is 30.7 Å². The second-order valence-electron chi connectivity index (χ2n) is 5.13. The van der Waals surface area contributed by atoms with Crippen molar-refractivity contribution in [3.05, 3.63) is 69.3 Å². The van der Waals surface area contributed by atoms with Crippen LogP contribution in [0, 0.1) is 17.0 Å². The smallest absolute Gasteiger partial charge is 0.273 e. The number of aryl methyl sites for hydroxylation is 1. The highest BCUT2D eigenvalue weighted by atomic mass is 32.2. The molecule has 0 spiro atoms. The van der Waals surface area contributed by atoms with E-state index < -0.39 is 20.9 Å². The number of carbonyl (C=O) groups is 1. The zero-order chi connectivity index (χ0) is 17.9. The third-order valence-corrected chi connectivity index (χ3v) is 4.30. The van der Waals surface area contributed by atoms with Crippen molar-refractivity contribution in [3.63, 3.8) is 0 Å². The van der Waals surface area contributed by atoms with Crippen molar-refractivity contribution in [2.45, 2.75) is 18.4 Å². The minimum absolute atomic E-state index is 0.0215. The summed E-state index contributed by atoms with van der Waals surface area (Å²) in [5, 5.41) is 18.5. The van der Waals surface area contributed by atoms with E-state index >= 15 is 0 Å². The van der Waals surface area contributed by atoms with E-state index in [1.807, 2.05) is 0 Å². The maximum Gasteiger partial charge on any atom is 0.273 e. The van der Waals surface area contributed by atoms with Crippen LogP contribution in [0.3, 0.4) is 0 Å². The first-order valence-electron chi connectivity index (χ1n) is 6.83. The average molecular weight is 349 g/mol. The van der Waals surface area contributed by atoms with Crippen LogP contribution in [0.4, 0.5) is 5.69 Å². The lowest BCUT2D eigenvalue weighted by molar-refractivity contribution is -0.385. The second kappa shape index (κ2) is 6.77. The number of sulfonamides is 1. The van der Waals surface area contributed by atoms with Crippen LogP contribution in [0.2, 0.25) is 0 Å². The Labute approximate surface area is 138 Å². The minimum atomic E-state index is -3.76. The fourth-order valence-corrected chi connectivity index (χ4v) is 2.54. The summed E-state index contributed by atoms with van der Waals surface area (Å²) in [6, 6.07) is 9.96. The normalized spacial score (nSPS) is 11.1. The van der Waals surface area contributed by atoms with E-state index in [1.165, 1.54) is 42.5 Å². The van der Waals surface area contributed by atoms with Gasteiger partial charge in [-0.15, -0.1) is 0 Å². The molecular formula is C15H15N3O5S. The predicted octanol–water partition coefficient (Wildman–Crippen LogP) is 1.48. The fourth-order valence-electron chi connectivity index (χ4n) is 2.03. The van der Waals surface area contributed by atoms with Gasteiger partial charge >= 0.3 is 0 Å². The topological polar surface area (TPSA) is 132 Å². The first-order chi connectivity index (χ1) is 11.2. The molecule has 0 aliphatic heterocycles. The number of hydrogen-bond acceptors (Lipinski definition) is 5. The van der Waals surface area contributed by atoms with E-state index in [9.17, 15) is 23.3 Å². The number of nitro groups is 1. The molecule has 3 N–H and O–H groups in total. The van der Waals surface area contributed by atoms with Gasteiger partial charge in [0.05, 0.1) is 9.82 Å². The molecule has 8 nitrogen and oxygen atoms in total. The summed E-state index contributed by atoms with van der Waals surface area (Å²) >= 11 is 0. The van der Waals surface area contributed by atoms with Crippen molar-refractivity contribution >= 4 is 21.6 Å². The molecular weight excluding hydrogens is 334 g/mol. The van der Waals surface area contributed by atoms with Gasteiger partial charge in [-0.3, -0.25) is 14.9 Å².